The zero-order valence-corrected chi connectivity index (χ0v) is 43.2. The van der Waals surface area contributed by atoms with Crippen LogP contribution >= 0.6 is 11.3 Å². The molecule has 4 aromatic heterocycles. The van der Waals surface area contributed by atoms with Crippen molar-refractivity contribution in [1.29, 1.82) is 0 Å². The number of carbonyl (C=O) groups is 4. The largest absolute Gasteiger partial charge is 0.463 e. The van der Waals surface area contributed by atoms with Gasteiger partial charge in [-0.25, -0.2) is 24.5 Å². The first-order valence-electron chi connectivity index (χ1n) is 25.7. The second-order valence-electron chi connectivity index (χ2n) is 20.9. The van der Waals surface area contributed by atoms with Gasteiger partial charge in [-0.05, 0) is 126 Å². The van der Waals surface area contributed by atoms with E-state index in [1.807, 2.05) is 56.1 Å². The van der Waals surface area contributed by atoms with Crippen LogP contribution in [0.5, 0.6) is 5.75 Å². The van der Waals surface area contributed by atoms with Gasteiger partial charge in [-0.3, -0.25) is 14.2 Å². The van der Waals surface area contributed by atoms with Crippen molar-refractivity contribution in [3.05, 3.63) is 82.1 Å². The van der Waals surface area contributed by atoms with Crippen LogP contribution in [-0.4, -0.2) is 115 Å². The average Bonchev–Trinajstić information content (AvgIpc) is 4.10. The van der Waals surface area contributed by atoms with Crippen LogP contribution in [0, 0.1) is 18.8 Å². The van der Waals surface area contributed by atoms with Gasteiger partial charge in [-0.2, -0.15) is 0 Å². The maximum absolute atomic E-state index is 14.5. The maximum atomic E-state index is 14.5. The molecule has 18 nitrogen and oxygen atoms in total. The van der Waals surface area contributed by atoms with Gasteiger partial charge in [0.1, 0.15) is 29.5 Å². The molecule has 6 aromatic rings. The van der Waals surface area contributed by atoms with Gasteiger partial charge in [0.2, 0.25) is 18.0 Å². The number of aromatic nitrogens is 6. The Hall–Kier alpha value is -6.73. The normalized spacial score (nSPS) is 23.5. The van der Waals surface area contributed by atoms with Crippen molar-refractivity contribution < 1.29 is 38.1 Å². The van der Waals surface area contributed by atoms with Crippen molar-refractivity contribution in [2.75, 3.05) is 27.3 Å². The first-order valence-corrected chi connectivity index (χ1v) is 26.6. The summed E-state index contributed by atoms with van der Waals surface area (Å²) in [5.41, 5.74) is 7.53. The second-order valence-corrected chi connectivity index (χ2v) is 22.0. The Morgan fingerprint density at radius 3 is 2.07 bits per heavy atom. The molecule has 0 spiro atoms. The van der Waals surface area contributed by atoms with Crippen LogP contribution in [0.4, 0.5) is 9.59 Å². The molecule has 8 heterocycles. The highest BCUT2D eigenvalue weighted by atomic mass is 32.1. The Morgan fingerprint density at radius 1 is 0.781 bits per heavy atom. The summed E-state index contributed by atoms with van der Waals surface area (Å²) in [6, 6.07) is 10.8. The van der Waals surface area contributed by atoms with E-state index >= 15 is 0 Å². The number of ether oxygens (including phenoxy) is 4. The van der Waals surface area contributed by atoms with Gasteiger partial charge in [0, 0.05) is 46.2 Å². The van der Waals surface area contributed by atoms with Crippen LogP contribution in [0.3, 0.4) is 0 Å². The molecular weight excluding hydrogens is 949 g/mol. The molecule has 11 rings (SSSR count). The number of carbonyl (C=O) groups excluding carboxylic acids is 4. The molecule has 4 N–H and O–H groups in total. The van der Waals surface area contributed by atoms with Crippen LogP contribution in [0.25, 0.3) is 44.7 Å². The quantitative estimate of drug-likeness (QED) is 0.0907. The number of likely N-dealkylation sites (tertiary alicyclic amines) is 2. The van der Waals surface area contributed by atoms with Crippen molar-refractivity contribution in [2.24, 2.45) is 11.8 Å². The molecule has 5 aliphatic rings. The number of thiazole rings is 1. The molecule has 0 bridgehead atoms. The minimum atomic E-state index is -0.745. The highest BCUT2D eigenvalue weighted by molar-refractivity contribution is 7.11. The zero-order chi connectivity index (χ0) is 50.8. The van der Waals surface area contributed by atoms with Gasteiger partial charge in [-0.15, -0.1) is 11.3 Å². The SMILES string of the molecule is COC(=O)NC(C(=O)N1CCC[C@H]1c1ncc(-c2ccc3c(c2)cc2n3C(c3ncc(C4CC4)s3)Oc3cc(-c4cnc([C@@H]5CCCN5C(=O)[C@@H](NC(=O)OC)C(C)C)[nH]4)cc(C)c3-2)[nH]1)C1C[C@@H](C)O[C@@H](C)C1. The summed E-state index contributed by atoms with van der Waals surface area (Å²) in [6.45, 7) is 11.1. The molecule has 4 aliphatic heterocycles. The summed E-state index contributed by atoms with van der Waals surface area (Å²) >= 11 is 1.71. The molecule has 4 fully saturated rings. The van der Waals surface area contributed by atoms with Gasteiger partial charge < -0.3 is 49.3 Å². The number of imidazole rings is 2. The Morgan fingerprint density at radius 2 is 1.42 bits per heavy atom. The summed E-state index contributed by atoms with van der Waals surface area (Å²) in [6.07, 6.45) is 10.6. The Bertz CT molecular complexity index is 3070. The number of nitrogens with zero attached hydrogens (tertiary/aromatic N) is 6. The lowest BCUT2D eigenvalue weighted by molar-refractivity contribution is -0.138. The van der Waals surface area contributed by atoms with Crippen LogP contribution in [0.15, 0.2) is 55.0 Å². The van der Waals surface area contributed by atoms with Crippen LogP contribution < -0.4 is 15.4 Å². The van der Waals surface area contributed by atoms with Crippen molar-refractivity contribution >= 4 is 46.2 Å². The van der Waals surface area contributed by atoms with Gasteiger partial charge >= 0.3 is 12.2 Å². The van der Waals surface area contributed by atoms with E-state index in [0.717, 1.165) is 86.7 Å². The third-order valence-corrected chi connectivity index (χ3v) is 16.6. The molecule has 3 saturated heterocycles. The molecule has 3 unspecified atom stereocenters. The van der Waals surface area contributed by atoms with E-state index in [2.05, 4.69) is 68.5 Å². The Labute approximate surface area is 427 Å². The summed E-state index contributed by atoms with van der Waals surface area (Å²) < 4.78 is 25.2. The minimum Gasteiger partial charge on any atom is -0.463 e. The standard InChI is InChI=1S/C54H64N10O8S/c1-27(2)45(60-53(67)69-6)50(65)62-16-8-10-39(62)48-56-25-37(59-48)33-18-28(3)44-41-22-34-21-32(14-15-38(34)64(41)52(72-42(44)23-33)49-57-26-43(73-49)31-12-13-31)36-24-55-47(58-36)40-11-9-17-63(40)51(66)46(61-54(68)70-7)35-19-29(4)71-30(5)20-35/h14-15,18,21-27,29-31,35,39-40,45-46,52H,8-13,16-17,19-20H2,1-7H3,(H,55,58)(H,56,59)(H,60,67)(H,61,68)/t29-,30+,35?,39-,40-,45-,46?,52?/m0/s1. The van der Waals surface area contributed by atoms with Crippen molar-refractivity contribution in [3.8, 4) is 39.5 Å². The number of aryl methyl sites for hydroxylation is 1. The summed E-state index contributed by atoms with van der Waals surface area (Å²) in [5.74, 6) is 2.16. The molecule has 384 valence electrons. The van der Waals surface area contributed by atoms with E-state index in [9.17, 15) is 19.2 Å². The molecule has 4 amide bonds. The number of fused-ring (bicyclic) bond motifs is 5. The summed E-state index contributed by atoms with van der Waals surface area (Å²) in [4.78, 5) is 80.0. The van der Waals surface area contributed by atoms with Crippen LogP contribution in [-0.2, 0) is 23.8 Å². The lowest BCUT2D eigenvalue weighted by atomic mass is 9.85. The Balaban J connectivity index is 0.893. The molecule has 1 aliphatic carbocycles. The lowest BCUT2D eigenvalue weighted by Crippen LogP contribution is -2.54. The number of hydrogen-bond acceptors (Lipinski definition) is 12. The van der Waals surface area contributed by atoms with E-state index in [-0.39, 0.29) is 47.9 Å². The summed E-state index contributed by atoms with van der Waals surface area (Å²) in [7, 11) is 2.61. The highest BCUT2D eigenvalue weighted by Gasteiger charge is 2.43. The smallest absolute Gasteiger partial charge is 0.407 e. The molecule has 19 heteroatoms. The zero-order valence-electron chi connectivity index (χ0n) is 42.4. The molecule has 8 atom stereocenters. The maximum Gasteiger partial charge on any atom is 0.407 e. The molecule has 0 radical (unpaired) electrons. The van der Waals surface area contributed by atoms with Gasteiger partial charge in [-0.1, -0.05) is 19.9 Å². The number of methoxy groups -OCH3 is 2. The number of H-pyrrole nitrogens is 2. The third kappa shape index (κ3) is 9.23. The Kier molecular flexibility index (Phi) is 13.0. The number of aromatic amines is 2. The average molecular weight is 1010 g/mol. The third-order valence-electron chi connectivity index (χ3n) is 15.4. The molecule has 73 heavy (non-hydrogen) atoms. The first-order chi connectivity index (χ1) is 35.3. The second kappa shape index (κ2) is 19.6. The van der Waals surface area contributed by atoms with E-state index in [1.54, 1.807) is 11.3 Å². The fourth-order valence-electron chi connectivity index (χ4n) is 11.8. The van der Waals surface area contributed by atoms with Gasteiger partial charge in [0.25, 0.3) is 0 Å². The monoisotopic (exact) mass is 1010 g/mol. The number of amides is 4. The number of nitrogens with one attached hydrogen (secondary N) is 4. The lowest BCUT2D eigenvalue weighted by Gasteiger charge is -2.38. The number of rotatable bonds is 12. The van der Waals surface area contributed by atoms with Crippen LogP contribution in [0.1, 0.15) is 130 Å². The molecular formula is C54H64N10O8S. The molecule has 2 aromatic carbocycles. The van der Waals surface area contributed by atoms with Crippen molar-refractivity contribution in [1.82, 2.24) is 49.9 Å². The van der Waals surface area contributed by atoms with Gasteiger partial charge in [0.05, 0.1) is 73.5 Å². The first kappa shape index (κ1) is 48.5. The fourth-order valence-corrected chi connectivity index (χ4v) is 12.9. The van der Waals surface area contributed by atoms with Crippen LogP contribution in [0.2, 0.25) is 0 Å². The summed E-state index contributed by atoms with van der Waals surface area (Å²) in [5, 5.41) is 7.52. The number of alkyl carbamates (subject to hydrolysis) is 2. The van der Waals surface area contributed by atoms with E-state index in [1.165, 1.54) is 31.9 Å². The highest BCUT2D eigenvalue weighted by Crippen LogP contribution is 2.50. The number of hydrogen-bond donors (Lipinski definition) is 4. The van der Waals surface area contributed by atoms with Gasteiger partial charge in [0.15, 0.2) is 5.01 Å². The van der Waals surface area contributed by atoms with E-state index in [4.69, 9.17) is 33.9 Å². The van der Waals surface area contributed by atoms with Crippen molar-refractivity contribution in [3.63, 3.8) is 0 Å². The fraction of sp³-hybridized carbons (Fsp3) is 0.500. The predicted octanol–water partition coefficient (Wildman–Crippen LogP) is 9.31. The number of benzene rings is 2. The topological polar surface area (TPSA) is 211 Å². The van der Waals surface area contributed by atoms with E-state index in [0.29, 0.717) is 43.5 Å². The van der Waals surface area contributed by atoms with E-state index < -0.39 is 30.5 Å². The molecule has 1 saturated carbocycles. The van der Waals surface area contributed by atoms with Crippen molar-refractivity contribution in [2.45, 2.75) is 135 Å². The minimum absolute atomic E-state index is 0.0339. The predicted molar refractivity (Wildman–Crippen MR) is 274 cm³/mol.